The van der Waals surface area contributed by atoms with Crippen LogP contribution in [0.4, 0.5) is 0 Å². The van der Waals surface area contributed by atoms with Crippen molar-refractivity contribution in [1.82, 2.24) is 19.8 Å². The Labute approximate surface area is 85.5 Å². The smallest absolute Gasteiger partial charge is 0.328 e. The van der Waals surface area contributed by atoms with Gasteiger partial charge in [0.15, 0.2) is 0 Å². The second-order valence-corrected chi connectivity index (χ2v) is 2.76. The van der Waals surface area contributed by atoms with Crippen LogP contribution in [0.15, 0.2) is 12.7 Å². The number of aromatic nitrogens is 3. The molecule has 0 saturated heterocycles. The molecule has 0 aliphatic rings. The van der Waals surface area contributed by atoms with Crippen LogP contribution < -0.4 is 5.43 Å². The van der Waals surface area contributed by atoms with E-state index >= 15 is 0 Å². The van der Waals surface area contributed by atoms with Crippen molar-refractivity contribution in [3.8, 4) is 0 Å². The summed E-state index contributed by atoms with van der Waals surface area (Å²) in [4.78, 5) is 23.7. The van der Waals surface area contributed by atoms with Crippen LogP contribution in [0.2, 0.25) is 0 Å². The lowest BCUT2D eigenvalue weighted by molar-refractivity contribution is -0.142. The lowest BCUT2D eigenvalue weighted by atomic mass is 10.5. The zero-order chi connectivity index (χ0) is 11.3. The summed E-state index contributed by atoms with van der Waals surface area (Å²) in [5.74, 6) is -1.55. The fourth-order valence-corrected chi connectivity index (χ4v) is 0.848. The third kappa shape index (κ3) is 3.02. The Hall–Kier alpha value is -1.96. The normalized spacial score (nSPS) is 9.73. The maximum atomic E-state index is 11.3. The van der Waals surface area contributed by atoms with Gasteiger partial charge in [0, 0.05) is 13.6 Å². The number of rotatable bonds is 3. The van der Waals surface area contributed by atoms with Gasteiger partial charge in [-0.3, -0.25) is 15.0 Å². The van der Waals surface area contributed by atoms with Crippen LogP contribution in [-0.4, -0.2) is 56.9 Å². The van der Waals surface area contributed by atoms with Gasteiger partial charge in [-0.15, -0.1) is 10.2 Å². The van der Waals surface area contributed by atoms with Gasteiger partial charge in [0.1, 0.15) is 12.7 Å². The fraction of sp³-hybridized carbons (Fsp3) is 0.429. The summed E-state index contributed by atoms with van der Waals surface area (Å²) in [6, 6.07) is 0. The topological polar surface area (TPSA) is 100 Å². The van der Waals surface area contributed by atoms with Gasteiger partial charge in [0.05, 0.1) is 6.61 Å². The van der Waals surface area contributed by atoms with Crippen molar-refractivity contribution in [2.75, 3.05) is 25.6 Å². The molecule has 0 bridgehead atoms. The van der Waals surface area contributed by atoms with Crippen LogP contribution in [0.1, 0.15) is 0 Å². The molecule has 15 heavy (non-hydrogen) atoms. The van der Waals surface area contributed by atoms with Crippen LogP contribution in [-0.2, 0) is 9.59 Å². The lowest BCUT2D eigenvalue weighted by Crippen LogP contribution is -2.40. The molecule has 0 aromatic carbocycles. The first-order valence-corrected chi connectivity index (χ1v) is 4.17. The van der Waals surface area contributed by atoms with Crippen LogP contribution in [0.5, 0.6) is 0 Å². The average Bonchev–Trinajstić information content (AvgIpc) is 2.69. The summed E-state index contributed by atoms with van der Waals surface area (Å²) in [6.45, 7) is -0.0867. The molecular weight excluding hydrogens is 202 g/mol. The van der Waals surface area contributed by atoms with Gasteiger partial charge in [-0.25, -0.2) is 4.68 Å². The molecule has 1 heterocycles. The Kier molecular flexibility index (Phi) is 3.75. The van der Waals surface area contributed by atoms with Crippen LogP contribution in [0.25, 0.3) is 0 Å². The number of hydrogen-bond acceptors (Lipinski definition) is 5. The van der Waals surface area contributed by atoms with Gasteiger partial charge in [-0.1, -0.05) is 0 Å². The zero-order valence-electron chi connectivity index (χ0n) is 8.12. The Morgan fingerprint density at radius 3 is 2.60 bits per heavy atom. The molecule has 0 aliphatic heterocycles. The Balaban J connectivity index is 2.50. The van der Waals surface area contributed by atoms with Crippen molar-refractivity contribution in [2.24, 2.45) is 0 Å². The number of aliphatic hydroxyl groups is 1. The van der Waals surface area contributed by atoms with Crippen molar-refractivity contribution < 1.29 is 14.7 Å². The van der Waals surface area contributed by atoms with Crippen molar-refractivity contribution >= 4 is 11.8 Å². The molecule has 8 nitrogen and oxygen atoms in total. The Morgan fingerprint density at radius 2 is 2.07 bits per heavy atom. The molecule has 0 unspecified atom stereocenters. The van der Waals surface area contributed by atoms with Gasteiger partial charge in [-0.05, 0) is 0 Å². The minimum absolute atomic E-state index is 0.106. The molecule has 2 N–H and O–H groups in total. The quantitative estimate of drug-likeness (QED) is 0.555. The van der Waals surface area contributed by atoms with Crippen molar-refractivity contribution in [1.29, 1.82) is 0 Å². The van der Waals surface area contributed by atoms with Gasteiger partial charge in [-0.2, -0.15) is 0 Å². The molecule has 0 aliphatic carbocycles. The van der Waals surface area contributed by atoms with E-state index in [-0.39, 0.29) is 13.2 Å². The number of nitrogens with one attached hydrogen (secondary N) is 1. The number of carbonyl (C=O) groups excluding carboxylic acids is 2. The number of carbonyl (C=O) groups is 2. The molecule has 0 fully saturated rings. The largest absolute Gasteiger partial charge is 0.395 e. The molecule has 0 saturated carbocycles. The number of amides is 2. The minimum atomic E-state index is -0.814. The van der Waals surface area contributed by atoms with Gasteiger partial charge >= 0.3 is 11.8 Å². The van der Waals surface area contributed by atoms with Crippen molar-refractivity contribution in [2.45, 2.75) is 0 Å². The monoisotopic (exact) mass is 213 g/mol. The van der Waals surface area contributed by atoms with E-state index < -0.39 is 11.8 Å². The molecule has 0 spiro atoms. The van der Waals surface area contributed by atoms with Crippen molar-refractivity contribution in [3.63, 3.8) is 0 Å². The number of hydrogen-bond donors (Lipinski definition) is 2. The number of aliphatic hydroxyl groups excluding tert-OH is 1. The highest BCUT2D eigenvalue weighted by Crippen LogP contribution is 1.86. The summed E-state index contributed by atoms with van der Waals surface area (Å²) in [5, 5.41) is 15.5. The maximum absolute atomic E-state index is 11.3. The molecule has 1 rings (SSSR count). The third-order valence-corrected chi connectivity index (χ3v) is 1.63. The summed E-state index contributed by atoms with van der Waals surface area (Å²) in [6.07, 6.45) is 2.49. The average molecular weight is 213 g/mol. The molecule has 82 valence electrons. The first kappa shape index (κ1) is 11.1. The molecule has 1 aromatic rings. The highest BCUT2D eigenvalue weighted by atomic mass is 16.3. The summed E-state index contributed by atoms with van der Waals surface area (Å²) in [7, 11) is 1.42. The highest BCUT2D eigenvalue weighted by molar-refractivity contribution is 6.38. The molecule has 8 heteroatoms. The highest BCUT2D eigenvalue weighted by Gasteiger charge is 2.18. The van der Waals surface area contributed by atoms with E-state index in [0.717, 1.165) is 9.58 Å². The third-order valence-electron chi connectivity index (χ3n) is 1.63. The van der Waals surface area contributed by atoms with Gasteiger partial charge < -0.3 is 10.0 Å². The lowest BCUT2D eigenvalue weighted by Gasteiger charge is -2.14. The standard InChI is InChI=1S/C7H11N5O3/c1-11(2-3-13)7(15)6(14)10-12-4-8-9-5-12/h4-5,13H,2-3H2,1H3,(H,10,14). The predicted octanol–water partition coefficient (Wildman–Crippen LogP) is -2.20. The second kappa shape index (κ2) is 5.05. The van der Waals surface area contributed by atoms with Crippen LogP contribution >= 0.6 is 0 Å². The fourth-order valence-electron chi connectivity index (χ4n) is 0.848. The molecule has 0 radical (unpaired) electrons. The molecule has 2 amide bonds. The number of likely N-dealkylation sites (N-methyl/N-ethyl adjacent to an activating group) is 1. The first-order valence-electron chi connectivity index (χ1n) is 4.17. The van der Waals surface area contributed by atoms with E-state index in [4.69, 9.17) is 5.11 Å². The molecule has 1 aromatic heterocycles. The van der Waals surface area contributed by atoms with E-state index in [9.17, 15) is 9.59 Å². The Morgan fingerprint density at radius 1 is 1.47 bits per heavy atom. The second-order valence-electron chi connectivity index (χ2n) is 2.76. The summed E-state index contributed by atoms with van der Waals surface area (Å²) < 4.78 is 1.16. The van der Waals surface area contributed by atoms with Crippen molar-refractivity contribution in [3.05, 3.63) is 12.7 Å². The zero-order valence-corrected chi connectivity index (χ0v) is 8.12. The van der Waals surface area contributed by atoms with E-state index in [0.29, 0.717) is 0 Å². The van der Waals surface area contributed by atoms with E-state index in [1.165, 1.54) is 19.7 Å². The van der Waals surface area contributed by atoms with Gasteiger partial charge in [0.25, 0.3) is 0 Å². The van der Waals surface area contributed by atoms with E-state index in [1.807, 2.05) is 0 Å². The number of nitrogens with zero attached hydrogens (tertiary/aromatic N) is 4. The predicted molar refractivity (Wildman–Crippen MR) is 49.1 cm³/mol. The maximum Gasteiger partial charge on any atom is 0.328 e. The first-order chi connectivity index (χ1) is 7.15. The SMILES string of the molecule is CN(CCO)C(=O)C(=O)Nn1cnnc1. The summed E-state index contributed by atoms with van der Waals surface area (Å²) in [5.41, 5.74) is 2.24. The van der Waals surface area contributed by atoms with E-state index in [2.05, 4.69) is 15.6 Å². The molecular formula is C7H11N5O3. The van der Waals surface area contributed by atoms with Crippen LogP contribution in [0, 0.1) is 0 Å². The van der Waals surface area contributed by atoms with Crippen LogP contribution in [0.3, 0.4) is 0 Å². The minimum Gasteiger partial charge on any atom is -0.395 e. The van der Waals surface area contributed by atoms with Gasteiger partial charge in [0.2, 0.25) is 0 Å². The van der Waals surface area contributed by atoms with E-state index in [1.54, 1.807) is 0 Å². The Bertz CT molecular complexity index is 336. The molecule has 0 atom stereocenters. The summed E-state index contributed by atoms with van der Waals surface area (Å²) >= 11 is 0.